The van der Waals surface area contributed by atoms with Gasteiger partial charge in [-0.2, -0.15) is 4.31 Å². The van der Waals surface area contributed by atoms with Crippen molar-refractivity contribution in [1.29, 1.82) is 0 Å². The maximum atomic E-state index is 13.0. The van der Waals surface area contributed by atoms with Gasteiger partial charge < -0.3 is 10.1 Å². The van der Waals surface area contributed by atoms with Crippen molar-refractivity contribution in [2.45, 2.75) is 38.0 Å². The first-order chi connectivity index (χ1) is 14.2. The zero-order valence-electron chi connectivity index (χ0n) is 17.4. The number of nitrogens with one attached hydrogen (secondary N) is 1. The number of sulfonamides is 1. The molecule has 0 atom stereocenters. The summed E-state index contributed by atoms with van der Waals surface area (Å²) in [6, 6.07) is 9.46. The average Bonchev–Trinajstić information content (AvgIpc) is 2.75. The Morgan fingerprint density at radius 1 is 0.967 bits per heavy atom. The number of anilines is 1. The zero-order valence-corrected chi connectivity index (χ0v) is 18.2. The molecule has 8 heteroatoms. The minimum atomic E-state index is -3.63. The molecule has 1 aliphatic rings. The highest BCUT2D eigenvalue weighted by atomic mass is 32.2. The summed E-state index contributed by atoms with van der Waals surface area (Å²) in [5.41, 5.74) is 2.59. The van der Waals surface area contributed by atoms with Crippen molar-refractivity contribution in [3.63, 3.8) is 0 Å². The van der Waals surface area contributed by atoms with Crippen LogP contribution in [-0.2, 0) is 14.8 Å². The van der Waals surface area contributed by atoms with Gasteiger partial charge in [-0.15, -0.1) is 0 Å². The fourth-order valence-corrected chi connectivity index (χ4v) is 5.04. The van der Waals surface area contributed by atoms with Gasteiger partial charge in [-0.05, 0) is 68.1 Å². The van der Waals surface area contributed by atoms with E-state index in [2.05, 4.69) is 5.32 Å². The number of ether oxygens (including phenoxy) is 1. The van der Waals surface area contributed by atoms with Crippen LogP contribution < -0.4 is 5.32 Å². The van der Waals surface area contributed by atoms with Crippen molar-refractivity contribution in [3.8, 4) is 0 Å². The van der Waals surface area contributed by atoms with Crippen molar-refractivity contribution in [3.05, 3.63) is 58.7 Å². The molecule has 1 saturated heterocycles. The lowest BCUT2D eigenvalue weighted by atomic mass is 10.1. The minimum absolute atomic E-state index is 0.123. The van der Waals surface area contributed by atoms with E-state index in [-0.39, 0.29) is 4.90 Å². The summed E-state index contributed by atoms with van der Waals surface area (Å²) in [5, 5.41) is 2.81. The number of rotatable bonds is 5. The summed E-state index contributed by atoms with van der Waals surface area (Å²) in [6.07, 6.45) is 2.72. The van der Waals surface area contributed by atoms with Gasteiger partial charge in [0.1, 0.15) is 0 Å². The van der Waals surface area contributed by atoms with Gasteiger partial charge in [0, 0.05) is 24.3 Å². The first-order valence-electron chi connectivity index (χ1n) is 9.85. The molecule has 2 aromatic rings. The Kier molecular flexibility index (Phi) is 6.58. The van der Waals surface area contributed by atoms with E-state index in [1.165, 1.54) is 17.5 Å². The summed E-state index contributed by atoms with van der Waals surface area (Å²) < 4.78 is 32.1. The Morgan fingerprint density at radius 3 is 2.30 bits per heavy atom. The number of hydrogen-bond donors (Lipinski definition) is 1. The normalized spacial score (nSPS) is 14.9. The molecule has 1 fully saturated rings. The fraction of sp³-hybridized carbons (Fsp3) is 0.364. The largest absolute Gasteiger partial charge is 0.465 e. The van der Waals surface area contributed by atoms with Gasteiger partial charge in [0.25, 0.3) is 5.91 Å². The molecular weight excluding hydrogens is 404 g/mol. The van der Waals surface area contributed by atoms with E-state index in [0.717, 1.165) is 19.3 Å². The van der Waals surface area contributed by atoms with E-state index >= 15 is 0 Å². The lowest BCUT2D eigenvalue weighted by Gasteiger charge is -2.26. The van der Waals surface area contributed by atoms with Crippen LogP contribution in [0, 0.1) is 13.8 Å². The van der Waals surface area contributed by atoms with Gasteiger partial charge in [-0.1, -0.05) is 12.5 Å². The van der Waals surface area contributed by atoms with Crippen molar-refractivity contribution < 1.29 is 22.7 Å². The van der Waals surface area contributed by atoms with Crippen LogP contribution in [0.25, 0.3) is 0 Å². The van der Waals surface area contributed by atoms with Gasteiger partial charge in [0.15, 0.2) is 0 Å². The van der Waals surface area contributed by atoms with Crippen molar-refractivity contribution >= 4 is 27.6 Å². The third kappa shape index (κ3) is 4.55. The Labute approximate surface area is 177 Å². The van der Waals surface area contributed by atoms with Gasteiger partial charge in [-0.25, -0.2) is 13.2 Å². The smallest absolute Gasteiger partial charge is 0.337 e. The molecule has 0 aliphatic carbocycles. The molecule has 0 spiro atoms. The lowest BCUT2D eigenvalue weighted by Crippen LogP contribution is -2.35. The number of piperidine rings is 1. The zero-order chi connectivity index (χ0) is 21.9. The summed E-state index contributed by atoms with van der Waals surface area (Å²) >= 11 is 0. The first kappa shape index (κ1) is 22.0. The summed E-state index contributed by atoms with van der Waals surface area (Å²) in [6.45, 7) is 4.54. The molecule has 0 radical (unpaired) electrons. The van der Waals surface area contributed by atoms with Gasteiger partial charge in [-0.3, -0.25) is 4.79 Å². The Balaban J connectivity index is 1.86. The average molecular weight is 431 g/mol. The van der Waals surface area contributed by atoms with E-state index in [4.69, 9.17) is 4.74 Å². The highest BCUT2D eigenvalue weighted by Gasteiger charge is 2.27. The predicted octanol–water partition coefficient (Wildman–Crippen LogP) is 3.52. The standard InChI is InChI=1S/C22H26N2O5S/c1-15-7-9-18(30(27,28)24-11-5-4-6-12-24)14-19(15)21(25)23-20-10-8-17(13-16(20)2)22(26)29-3/h7-10,13-14H,4-6,11-12H2,1-3H3,(H,23,25). The van der Waals surface area contributed by atoms with Crippen LogP contribution in [-0.4, -0.2) is 44.8 Å². The molecule has 1 amide bonds. The highest BCUT2D eigenvalue weighted by Crippen LogP contribution is 2.24. The molecular formula is C22H26N2O5S. The minimum Gasteiger partial charge on any atom is -0.465 e. The van der Waals surface area contributed by atoms with E-state index in [0.29, 0.717) is 41.0 Å². The van der Waals surface area contributed by atoms with Gasteiger partial charge in [0.05, 0.1) is 17.6 Å². The van der Waals surface area contributed by atoms with Crippen LogP contribution in [0.15, 0.2) is 41.3 Å². The second-order valence-electron chi connectivity index (χ2n) is 7.42. The molecule has 0 bridgehead atoms. The number of hydrogen-bond acceptors (Lipinski definition) is 5. The highest BCUT2D eigenvalue weighted by molar-refractivity contribution is 7.89. The second kappa shape index (κ2) is 8.97. The van der Waals surface area contributed by atoms with E-state index in [1.807, 2.05) is 0 Å². The molecule has 1 N–H and O–H groups in total. The Bertz CT molecular complexity index is 1070. The Hall–Kier alpha value is -2.71. The molecule has 30 heavy (non-hydrogen) atoms. The maximum Gasteiger partial charge on any atom is 0.337 e. The third-order valence-electron chi connectivity index (χ3n) is 5.30. The predicted molar refractivity (Wildman–Crippen MR) is 114 cm³/mol. The lowest BCUT2D eigenvalue weighted by molar-refractivity contribution is 0.0600. The van der Waals surface area contributed by atoms with Crippen LogP contribution in [0.3, 0.4) is 0 Å². The SMILES string of the molecule is COC(=O)c1ccc(NC(=O)c2cc(S(=O)(=O)N3CCCCC3)ccc2C)c(C)c1. The number of esters is 1. The number of carbonyl (C=O) groups excluding carboxylic acids is 2. The van der Waals surface area contributed by atoms with Crippen molar-refractivity contribution in [1.82, 2.24) is 4.31 Å². The molecule has 3 rings (SSSR count). The van der Waals surface area contributed by atoms with E-state index < -0.39 is 21.9 Å². The molecule has 2 aromatic carbocycles. The molecule has 0 aromatic heterocycles. The fourth-order valence-electron chi connectivity index (χ4n) is 3.50. The molecule has 0 saturated carbocycles. The Morgan fingerprint density at radius 2 is 1.67 bits per heavy atom. The molecule has 1 aliphatic heterocycles. The number of aryl methyl sites for hydroxylation is 2. The molecule has 160 valence electrons. The second-order valence-corrected chi connectivity index (χ2v) is 9.35. The number of methoxy groups -OCH3 is 1. The van der Waals surface area contributed by atoms with Crippen molar-refractivity contribution in [2.24, 2.45) is 0 Å². The first-order valence-corrected chi connectivity index (χ1v) is 11.3. The van der Waals surface area contributed by atoms with E-state index in [1.54, 1.807) is 44.2 Å². The maximum absolute atomic E-state index is 13.0. The number of nitrogens with zero attached hydrogens (tertiary/aromatic N) is 1. The van der Waals surface area contributed by atoms with Crippen LogP contribution in [0.5, 0.6) is 0 Å². The molecule has 1 heterocycles. The van der Waals surface area contributed by atoms with Crippen LogP contribution in [0.4, 0.5) is 5.69 Å². The van der Waals surface area contributed by atoms with Gasteiger partial charge >= 0.3 is 5.97 Å². The molecule has 0 unspecified atom stereocenters. The third-order valence-corrected chi connectivity index (χ3v) is 7.20. The summed E-state index contributed by atoms with van der Waals surface area (Å²) in [4.78, 5) is 24.7. The topological polar surface area (TPSA) is 92.8 Å². The van der Waals surface area contributed by atoms with Crippen LogP contribution in [0.2, 0.25) is 0 Å². The number of benzene rings is 2. The molecule has 7 nitrogen and oxygen atoms in total. The van der Waals surface area contributed by atoms with Crippen molar-refractivity contribution in [2.75, 3.05) is 25.5 Å². The van der Waals surface area contributed by atoms with Crippen LogP contribution >= 0.6 is 0 Å². The summed E-state index contributed by atoms with van der Waals surface area (Å²) in [7, 11) is -2.33. The van der Waals surface area contributed by atoms with E-state index in [9.17, 15) is 18.0 Å². The number of amides is 1. The quantitative estimate of drug-likeness (QED) is 0.733. The summed E-state index contributed by atoms with van der Waals surface area (Å²) in [5.74, 6) is -0.862. The van der Waals surface area contributed by atoms with Gasteiger partial charge in [0.2, 0.25) is 10.0 Å². The van der Waals surface area contributed by atoms with Crippen LogP contribution in [0.1, 0.15) is 51.1 Å². The monoisotopic (exact) mass is 430 g/mol. The number of carbonyl (C=O) groups is 2.